The molecule has 39 heavy (non-hydrogen) atoms. The quantitative estimate of drug-likeness (QED) is 0.121. The van der Waals surface area contributed by atoms with Gasteiger partial charge in [-0.3, -0.25) is 14.4 Å². The molecule has 0 spiro atoms. The summed E-state index contributed by atoms with van der Waals surface area (Å²) in [4.78, 5) is 38.2. The minimum absolute atomic E-state index is 0.0115. The fourth-order valence-electron chi connectivity index (χ4n) is 5.75. The molecule has 1 fully saturated rings. The molecule has 9 N–H and O–H groups in total. The number of anilines is 1. The number of aliphatic hydroxyl groups is 3. The van der Waals surface area contributed by atoms with Crippen molar-refractivity contribution in [2.24, 2.45) is 23.5 Å². The van der Waals surface area contributed by atoms with Gasteiger partial charge in [0.25, 0.3) is 5.91 Å². The second-order valence-electron chi connectivity index (χ2n) is 9.70. The molecule has 2 unspecified atom stereocenters. The highest BCUT2D eigenvalue weighted by atomic mass is 16.3. The Bertz CT molecular complexity index is 1200. The third kappa shape index (κ3) is 5.15. The van der Waals surface area contributed by atoms with Crippen LogP contribution < -0.4 is 16.8 Å². The molecule has 4 atom stereocenters. The molecule has 0 bridgehead atoms. The highest BCUT2D eigenvalue weighted by Crippen LogP contribution is 2.54. The zero-order chi connectivity index (χ0) is 29.8. The van der Waals surface area contributed by atoms with E-state index in [4.69, 9.17) is 11.5 Å². The van der Waals surface area contributed by atoms with E-state index in [9.17, 15) is 34.8 Å². The van der Waals surface area contributed by atoms with Crippen molar-refractivity contribution in [3.8, 4) is 5.75 Å². The molecule has 10 nitrogen and oxygen atoms in total. The van der Waals surface area contributed by atoms with E-state index in [1.165, 1.54) is 6.92 Å². The minimum atomic E-state index is -2.60. The van der Waals surface area contributed by atoms with E-state index in [2.05, 4.69) is 12.2 Å². The van der Waals surface area contributed by atoms with E-state index in [0.717, 1.165) is 19.4 Å². The number of hydrogen-bond donors (Lipinski definition) is 7. The number of nitrogens with two attached hydrogens (primary N) is 2. The third-order valence-corrected chi connectivity index (χ3v) is 7.67. The summed E-state index contributed by atoms with van der Waals surface area (Å²) in [6.07, 6.45) is 2.18. The lowest BCUT2D eigenvalue weighted by Crippen LogP contribution is -2.61. The number of primary amides is 1. The number of Topliss-reactive ketones (excluding diaryl/α,β-unsaturated/α-hetero) is 2. The van der Waals surface area contributed by atoms with E-state index in [0.29, 0.717) is 23.4 Å². The predicted molar refractivity (Wildman–Crippen MR) is 150 cm³/mol. The van der Waals surface area contributed by atoms with Crippen LogP contribution in [0.1, 0.15) is 77.5 Å². The summed E-state index contributed by atoms with van der Waals surface area (Å²) in [6, 6.07) is 1.63. The Balaban J connectivity index is 0.00000127. The molecule has 0 heterocycles. The predicted octanol–water partition coefficient (Wildman–Crippen LogP) is 3.19. The third-order valence-electron chi connectivity index (χ3n) is 7.67. The SMILES string of the molecule is CC.CC.CCCCNCc1cc(N)c2c(c1O)C(O)=C1C(=O)[C@]3(O)C(O)=C(C(N)=O)C(=O)C(C)[C@@H]3CC1C2. The van der Waals surface area contributed by atoms with Gasteiger partial charge in [0.1, 0.15) is 22.8 Å². The molecule has 1 aromatic rings. The first kappa shape index (κ1) is 31.8. The highest BCUT2D eigenvalue weighted by molar-refractivity contribution is 6.23. The van der Waals surface area contributed by atoms with E-state index in [1.807, 2.05) is 27.7 Å². The van der Waals surface area contributed by atoms with Crippen molar-refractivity contribution in [1.29, 1.82) is 0 Å². The fourth-order valence-corrected chi connectivity index (χ4v) is 5.75. The average molecular weight is 546 g/mol. The number of phenolic OH excluding ortho intramolecular Hbond substituents is 1. The summed E-state index contributed by atoms with van der Waals surface area (Å²) in [5.41, 5.74) is 9.21. The molecule has 0 radical (unpaired) electrons. The molecule has 3 aliphatic rings. The number of amides is 1. The van der Waals surface area contributed by atoms with Crippen LogP contribution >= 0.6 is 0 Å². The van der Waals surface area contributed by atoms with Crippen molar-refractivity contribution >= 4 is 28.9 Å². The lowest BCUT2D eigenvalue weighted by atomic mass is 9.56. The first-order valence-corrected chi connectivity index (χ1v) is 13.8. The number of unbranched alkanes of at least 4 members (excludes halogenated alkanes) is 1. The molecule has 3 aliphatic carbocycles. The lowest BCUT2D eigenvalue weighted by molar-refractivity contribution is -0.152. The van der Waals surface area contributed by atoms with E-state index in [-0.39, 0.29) is 29.7 Å². The van der Waals surface area contributed by atoms with Crippen LogP contribution in [-0.2, 0) is 27.3 Å². The van der Waals surface area contributed by atoms with Gasteiger partial charge in [-0.25, -0.2) is 0 Å². The molecule has 1 aromatic carbocycles. The molecule has 0 saturated heterocycles. The van der Waals surface area contributed by atoms with Crippen molar-refractivity contribution in [3.05, 3.63) is 39.7 Å². The van der Waals surface area contributed by atoms with E-state index >= 15 is 0 Å². The summed E-state index contributed by atoms with van der Waals surface area (Å²) in [5.74, 6) is -7.51. The van der Waals surface area contributed by atoms with Gasteiger partial charge in [0.2, 0.25) is 5.78 Å². The van der Waals surface area contributed by atoms with E-state index in [1.54, 1.807) is 6.07 Å². The number of fused-ring (bicyclic) bond motifs is 3. The zero-order valence-corrected chi connectivity index (χ0v) is 23.7. The number of carbonyl (C=O) groups excluding carboxylic acids is 3. The smallest absolute Gasteiger partial charge is 0.255 e. The Labute approximate surface area is 229 Å². The van der Waals surface area contributed by atoms with Crippen molar-refractivity contribution in [2.45, 2.75) is 79.4 Å². The molecule has 1 saturated carbocycles. The largest absolute Gasteiger partial charge is 0.508 e. The number of ketones is 2. The van der Waals surface area contributed by atoms with Gasteiger partial charge >= 0.3 is 0 Å². The maximum Gasteiger partial charge on any atom is 0.255 e. The minimum Gasteiger partial charge on any atom is -0.508 e. The summed E-state index contributed by atoms with van der Waals surface area (Å²) in [6.45, 7) is 12.5. The molecule has 216 valence electrons. The van der Waals surface area contributed by atoms with Crippen molar-refractivity contribution in [2.75, 3.05) is 12.3 Å². The van der Waals surface area contributed by atoms with Crippen LogP contribution in [0.4, 0.5) is 5.69 Å². The topological polar surface area (TPSA) is 196 Å². The number of nitrogen functional groups attached to an aromatic ring is 1. The van der Waals surface area contributed by atoms with Gasteiger partial charge in [0, 0.05) is 35.2 Å². The molecular weight excluding hydrogens is 502 g/mol. The highest BCUT2D eigenvalue weighted by Gasteiger charge is 2.62. The van der Waals surface area contributed by atoms with Crippen LogP contribution in [0, 0.1) is 17.8 Å². The standard InChI is InChI=1S/C25H31N3O7.2C2H6/c1-3-4-5-28-9-12-8-15(26)13-6-11-7-14-10(2)19(29)18(24(27)34)23(33)25(14,35)22(32)16(11)21(31)17(13)20(12)30;2*1-2/h8,10-11,14,28,30-31,33,35H,3-7,9,26H2,1-2H3,(H2,27,34);2*1-2H3/t10?,11?,14-,25-;;/m0../s1. The van der Waals surface area contributed by atoms with Crippen LogP contribution in [0.2, 0.25) is 0 Å². The summed E-state index contributed by atoms with van der Waals surface area (Å²) in [7, 11) is 0. The number of carbonyl (C=O) groups is 3. The van der Waals surface area contributed by atoms with Gasteiger partial charge < -0.3 is 37.2 Å². The van der Waals surface area contributed by atoms with Crippen LogP contribution in [0.3, 0.4) is 0 Å². The zero-order valence-electron chi connectivity index (χ0n) is 23.7. The van der Waals surface area contributed by atoms with Crippen LogP contribution in [0.15, 0.2) is 23.0 Å². The van der Waals surface area contributed by atoms with Crippen molar-refractivity contribution in [3.63, 3.8) is 0 Å². The summed E-state index contributed by atoms with van der Waals surface area (Å²) in [5, 5.41) is 47.5. The number of aliphatic hydroxyl groups excluding tert-OH is 2. The Kier molecular flexibility index (Phi) is 10.3. The number of benzene rings is 1. The van der Waals surface area contributed by atoms with Gasteiger partial charge in [0.05, 0.1) is 5.56 Å². The van der Waals surface area contributed by atoms with E-state index < -0.39 is 57.9 Å². The van der Waals surface area contributed by atoms with Gasteiger partial charge in [0.15, 0.2) is 11.4 Å². The summed E-state index contributed by atoms with van der Waals surface area (Å²) >= 11 is 0. The Hall–Kier alpha value is -3.37. The van der Waals surface area contributed by atoms with Crippen LogP contribution in [0.25, 0.3) is 5.76 Å². The first-order valence-electron chi connectivity index (χ1n) is 13.8. The van der Waals surface area contributed by atoms with Crippen molar-refractivity contribution < 1.29 is 34.8 Å². The fraction of sp³-hybridized carbons (Fsp3) is 0.552. The summed E-state index contributed by atoms with van der Waals surface area (Å²) < 4.78 is 0. The molecular formula is C29H43N3O7. The first-order chi connectivity index (χ1) is 18.5. The molecule has 10 heteroatoms. The van der Waals surface area contributed by atoms with Crippen molar-refractivity contribution in [1.82, 2.24) is 5.32 Å². The van der Waals surface area contributed by atoms with Crippen LogP contribution in [-0.4, -0.2) is 50.0 Å². The maximum absolute atomic E-state index is 13.6. The van der Waals surface area contributed by atoms with Gasteiger partial charge in [-0.1, -0.05) is 48.0 Å². The second kappa shape index (κ2) is 12.7. The Morgan fingerprint density at radius 1 is 1.15 bits per heavy atom. The Morgan fingerprint density at radius 2 is 1.77 bits per heavy atom. The number of hydrogen-bond acceptors (Lipinski definition) is 9. The lowest BCUT2D eigenvalue weighted by Gasteiger charge is -2.48. The van der Waals surface area contributed by atoms with Gasteiger partial charge in [-0.2, -0.15) is 0 Å². The number of aromatic hydroxyl groups is 1. The molecule has 0 aliphatic heterocycles. The Morgan fingerprint density at radius 3 is 2.33 bits per heavy atom. The monoisotopic (exact) mass is 545 g/mol. The molecule has 4 rings (SSSR count). The second-order valence-corrected chi connectivity index (χ2v) is 9.70. The molecule has 0 aromatic heterocycles. The van der Waals surface area contributed by atoms with Crippen LogP contribution in [0.5, 0.6) is 5.75 Å². The number of phenols is 1. The molecule has 1 amide bonds. The van der Waals surface area contributed by atoms with Gasteiger partial charge in [-0.15, -0.1) is 0 Å². The number of rotatable bonds is 6. The average Bonchev–Trinajstić information content (AvgIpc) is 2.91. The maximum atomic E-state index is 13.6. The number of nitrogens with one attached hydrogen (secondary N) is 1. The normalized spacial score (nSPS) is 25.5. The van der Waals surface area contributed by atoms with Gasteiger partial charge in [-0.05, 0) is 43.4 Å².